The first-order valence-electron chi connectivity index (χ1n) is 8.44. The van der Waals surface area contributed by atoms with Crippen molar-refractivity contribution in [3.8, 4) is 0 Å². The summed E-state index contributed by atoms with van der Waals surface area (Å²) >= 11 is 0. The summed E-state index contributed by atoms with van der Waals surface area (Å²) in [6, 6.07) is 18.1. The maximum absolute atomic E-state index is 12.6. The Balaban J connectivity index is 1.53. The lowest BCUT2D eigenvalue weighted by atomic mass is 10.1. The molecule has 2 aromatic rings. The molecule has 0 radical (unpaired) electrons. The minimum atomic E-state index is -3.44. The molecule has 0 aliphatic carbocycles. The Bertz CT molecular complexity index is 799. The Kier molecular flexibility index (Phi) is 5.50. The fourth-order valence-corrected chi connectivity index (χ4v) is 4.53. The second-order valence-corrected chi connectivity index (χ2v) is 8.16. The van der Waals surface area contributed by atoms with E-state index in [1.165, 1.54) is 4.31 Å². The van der Waals surface area contributed by atoms with Gasteiger partial charge in [0.05, 0.1) is 11.3 Å². The van der Waals surface area contributed by atoms with Crippen LogP contribution < -0.4 is 5.32 Å². The summed E-state index contributed by atoms with van der Waals surface area (Å²) in [5, 5.41) is 3.02. The topological polar surface area (TPSA) is 66.5 Å². The number of rotatable bonds is 5. The Morgan fingerprint density at radius 1 is 0.960 bits per heavy atom. The molecule has 1 heterocycles. The molecule has 0 bridgehead atoms. The van der Waals surface area contributed by atoms with Crippen molar-refractivity contribution in [3.05, 3.63) is 66.2 Å². The van der Waals surface area contributed by atoms with Crippen molar-refractivity contribution >= 4 is 15.9 Å². The minimum absolute atomic E-state index is 0.0180. The summed E-state index contributed by atoms with van der Waals surface area (Å²) in [5.74, 6) is -0.0180. The Labute approximate surface area is 148 Å². The van der Waals surface area contributed by atoms with Crippen molar-refractivity contribution < 1.29 is 13.2 Å². The first kappa shape index (κ1) is 17.6. The second-order valence-electron chi connectivity index (χ2n) is 6.22. The van der Waals surface area contributed by atoms with Crippen molar-refractivity contribution in [1.29, 1.82) is 0 Å². The fourth-order valence-electron chi connectivity index (χ4n) is 3.04. The number of benzene rings is 2. The molecule has 1 amide bonds. The first-order chi connectivity index (χ1) is 12.1. The van der Waals surface area contributed by atoms with Crippen LogP contribution in [0.3, 0.4) is 0 Å². The monoisotopic (exact) mass is 358 g/mol. The normalized spacial score (nSPS) is 16.5. The SMILES string of the molecule is O=C(Cc1ccccc1)NC1CCN(S(=O)(=O)c2ccccc2)CC1. The highest BCUT2D eigenvalue weighted by Gasteiger charge is 2.29. The van der Waals surface area contributed by atoms with E-state index in [4.69, 9.17) is 0 Å². The maximum Gasteiger partial charge on any atom is 0.243 e. The van der Waals surface area contributed by atoms with Crippen molar-refractivity contribution in [2.45, 2.75) is 30.2 Å². The molecule has 0 atom stereocenters. The molecule has 3 rings (SSSR count). The molecule has 132 valence electrons. The fraction of sp³-hybridized carbons (Fsp3) is 0.316. The largest absolute Gasteiger partial charge is 0.353 e. The average Bonchev–Trinajstić information content (AvgIpc) is 2.63. The molecular formula is C19H22N2O3S. The van der Waals surface area contributed by atoms with Crippen molar-refractivity contribution in [1.82, 2.24) is 9.62 Å². The molecule has 0 aromatic heterocycles. The van der Waals surface area contributed by atoms with Crippen molar-refractivity contribution in [2.75, 3.05) is 13.1 Å². The van der Waals surface area contributed by atoms with Crippen LogP contribution >= 0.6 is 0 Å². The quantitative estimate of drug-likeness (QED) is 0.891. The van der Waals surface area contributed by atoms with E-state index in [2.05, 4.69) is 5.32 Å². The van der Waals surface area contributed by atoms with E-state index in [-0.39, 0.29) is 11.9 Å². The number of amides is 1. The third-order valence-electron chi connectivity index (χ3n) is 4.41. The van der Waals surface area contributed by atoms with Crippen LogP contribution in [0, 0.1) is 0 Å². The molecule has 0 spiro atoms. The van der Waals surface area contributed by atoms with Crippen LogP contribution in [0.1, 0.15) is 18.4 Å². The van der Waals surface area contributed by atoms with Gasteiger partial charge < -0.3 is 5.32 Å². The van der Waals surface area contributed by atoms with Crippen LogP contribution in [0.15, 0.2) is 65.6 Å². The molecular weight excluding hydrogens is 336 g/mol. The second kappa shape index (κ2) is 7.80. The lowest BCUT2D eigenvalue weighted by Gasteiger charge is -2.31. The molecule has 1 aliphatic rings. The van der Waals surface area contributed by atoms with Gasteiger partial charge in [-0.2, -0.15) is 4.31 Å². The van der Waals surface area contributed by atoms with Gasteiger partial charge in [0.25, 0.3) is 0 Å². The van der Waals surface area contributed by atoms with Gasteiger partial charge >= 0.3 is 0 Å². The van der Waals surface area contributed by atoms with Crippen LogP contribution in [-0.4, -0.2) is 37.8 Å². The highest BCUT2D eigenvalue weighted by atomic mass is 32.2. The lowest BCUT2D eigenvalue weighted by Crippen LogP contribution is -2.46. The zero-order valence-corrected chi connectivity index (χ0v) is 14.8. The summed E-state index contributed by atoms with van der Waals surface area (Å²) < 4.78 is 26.7. The van der Waals surface area contributed by atoms with Gasteiger partial charge in [0.15, 0.2) is 0 Å². The number of carbonyl (C=O) groups excluding carboxylic acids is 1. The van der Waals surface area contributed by atoms with Gasteiger partial charge in [0.2, 0.25) is 15.9 Å². The standard InChI is InChI=1S/C19H22N2O3S/c22-19(15-16-7-3-1-4-8-16)20-17-11-13-21(14-12-17)25(23,24)18-9-5-2-6-10-18/h1-10,17H,11-15H2,(H,20,22). The average molecular weight is 358 g/mol. The number of nitrogens with one attached hydrogen (secondary N) is 1. The number of nitrogens with zero attached hydrogens (tertiary/aromatic N) is 1. The van der Waals surface area contributed by atoms with Gasteiger partial charge in [0, 0.05) is 19.1 Å². The van der Waals surface area contributed by atoms with E-state index in [9.17, 15) is 13.2 Å². The van der Waals surface area contributed by atoms with E-state index in [1.807, 2.05) is 30.3 Å². The maximum atomic E-state index is 12.6. The summed E-state index contributed by atoms with van der Waals surface area (Å²) in [5.41, 5.74) is 0.976. The van der Waals surface area contributed by atoms with Gasteiger partial charge in [0.1, 0.15) is 0 Å². The van der Waals surface area contributed by atoms with Crippen LogP contribution in [0.2, 0.25) is 0 Å². The molecule has 0 saturated carbocycles. The predicted molar refractivity (Wildman–Crippen MR) is 96.5 cm³/mol. The predicted octanol–water partition coefficient (Wildman–Crippen LogP) is 2.20. The van der Waals surface area contributed by atoms with Crippen LogP contribution in [-0.2, 0) is 21.2 Å². The van der Waals surface area contributed by atoms with Gasteiger partial charge in [-0.1, -0.05) is 48.5 Å². The van der Waals surface area contributed by atoms with Gasteiger partial charge in [-0.05, 0) is 30.5 Å². The lowest BCUT2D eigenvalue weighted by molar-refractivity contribution is -0.121. The number of sulfonamides is 1. The third-order valence-corrected chi connectivity index (χ3v) is 6.32. The Morgan fingerprint density at radius 3 is 2.12 bits per heavy atom. The van der Waals surface area contributed by atoms with Gasteiger partial charge in [-0.25, -0.2) is 8.42 Å². The Hall–Kier alpha value is -2.18. The Morgan fingerprint density at radius 2 is 1.52 bits per heavy atom. The van der Waals surface area contributed by atoms with Crippen molar-refractivity contribution in [3.63, 3.8) is 0 Å². The van der Waals surface area contributed by atoms with E-state index in [1.54, 1.807) is 30.3 Å². The molecule has 1 aliphatic heterocycles. The molecule has 25 heavy (non-hydrogen) atoms. The van der Waals surface area contributed by atoms with E-state index in [0.717, 1.165) is 5.56 Å². The zero-order chi connectivity index (χ0) is 17.7. The van der Waals surface area contributed by atoms with Crippen LogP contribution in [0.25, 0.3) is 0 Å². The van der Waals surface area contributed by atoms with Crippen LogP contribution in [0.4, 0.5) is 0 Å². The smallest absolute Gasteiger partial charge is 0.243 e. The van der Waals surface area contributed by atoms with Crippen LogP contribution in [0.5, 0.6) is 0 Å². The summed E-state index contributed by atoms with van der Waals surface area (Å²) in [7, 11) is -3.44. The summed E-state index contributed by atoms with van der Waals surface area (Å²) in [4.78, 5) is 12.5. The molecule has 5 nitrogen and oxygen atoms in total. The molecule has 2 aromatic carbocycles. The third kappa shape index (κ3) is 4.46. The molecule has 1 N–H and O–H groups in total. The van der Waals surface area contributed by atoms with E-state index < -0.39 is 10.0 Å². The van der Waals surface area contributed by atoms with Gasteiger partial charge in [-0.15, -0.1) is 0 Å². The summed E-state index contributed by atoms with van der Waals surface area (Å²) in [6.07, 6.45) is 1.61. The number of hydrogen-bond donors (Lipinski definition) is 1. The summed E-state index contributed by atoms with van der Waals surface area (Å²) in [6.45, 7) is 0.848. The molecule has 1 fully saturated rings. The minimum Gasteiger partial charge on any atom is -0.353 e. The zero-order valence-electron chi connectivity index (χ0n) is 14.0. The number of hydrogen-bond acceptors (Lipinski definition) is 3. The number of piperidine rings is 1. The first-order valence-corrected chi connectivity index (χ1v) is 9.88. The molecule has 1 saturated heterocycles. The van der Waals surface area contributed by atoms with E-state index >= 15 is 0 Å². The van der Waals surface area contributed by atoms with Crippen molar-refractivity contribution in [2.24, 2.45) is 0 Å². The highest BCUT2D eigenvalue weighted by Crippen LogP contribution is 2.20. The highest BCUT2D eigenvalue weighted by molar-refractivity contribution is 7.89. The molecule has 6 heteroatoms. The van der Waals surface area contributed by atoms with E-state index in [0.29, 0.717) is 37.2 Å². The molecule has 0 unspecified atom stereocenters. The van der Waals surface area contributed by atoms with Gasteiger partial charge in [-0.3, -0.25) is 4.79 Å². The number of carbonyl (C=O) groups is 1.